The van der Waals surface area contributed by atoms with Gasteiger partial charge in [0.1, 0.15) is 11.5 Å². The van der Waals surface area contributed by atoms with Crippen molar-refractivity contribution >= 4 is 17.4 Å². The lowest BCUT2D eigenvalue weighted by Gasteiger charge is -2.31. The highest BCUT2D eigenvalue weighted by Gasteiger charge is 2.33. The average molecular weight is 447 g/mol. The first-order chi connectivity index (χ1) is 15.8. The van der Waals surface area contributed by atoms with Crippen LogP contribution in [0, 0.1) is 25.6 Å². The number of anilines is 1. The molecular weight excluding hydrogens is 419 g/mol. The molecule has 170 valence electrons. The van der Waals surface area contributed by atoms with Crippen molar-refractivity contribution in [2.45, 2.75) is 45.6 Å². The summed E-state index contributed by atoms with van der Waals surface area (Å²) in [5, 5.41) is 2.91. The maximum Gasteiger partial charge on any atom is 0.274 e. The number of nitrogens with two attached hydrogens (primary N) is 1. The van der Waals surface area contributed by atoms with E-state index in [1.54, 1.807) is 30.6 Å². The van der Waals surface area contributed by atoms with Gasteiger partial charge in [-0.2, -0.15) is 0 Å². The van der Waals surface area contributed by atoms with E-state index in [9.17, 15) is 14.0 Å². The van der Waals surface area contributed by atoms with Crippen LogP contribution in [-0.2, 0) is 4.79 Å². The molecule has 0 saturated heterocycles. The second kappa shape index (κ2) is 9.19. The SMILES string of the molecule is Cc1ccc(C(=O)Nc2cnccc2[C@H]2C[C@@H](N)C(=O)[C@@H](C)C2)nc1-c1c(C)cccc1F. The zero-order valence-electron chi connectivity index (χ0n) is 18.9. The van der Waals surface area contributed by atoms with Gasteiger partial charge >= 0.3 is 0 Å². The van der Waals surface area contributed by atoms with Gasteiger partial charge in [-0.05, 0) is 67.5 Å². The number of Topliss-reactive ketones (excluding diaryl/α,β-unsaturated/α-hetero) is 1. The number of aryl methyl sites for hydroxylation is 2. The van der Waals surface area contributed by atoms with Crippen molar-refractivity contribution < 1.29 is 14.0 Å². The molecule has 1 aliphatic carbocycles. The molecule has 2 aromatic heterocycles. The van der Waals surface area contributed by atoms with Gasteiger partial charge in [0.2, 0.25) is 0 Å². The molecule has 1 fully saturated rings. The van der Waals surface area contributed by atoms with Gasteiger partial charge < -0.3 is 11.1 Å². The lowest BCUT2D eigenvalue weighted by atomic mass is 9.75. The molecule has 3 atom stereocenters. The van der Waals surface area contributed by atoms with Gasteiger partial charge in [0.25, 0.3) is 5.91 Å². The quantitative estimate of drug-likeness (QED) is 0.612. The van der Waals surface area contributed by atoms with Crippen LogP contribution in [0.1, 0.15) is 52.9 Å². The monoisotopic (exact) mass is 446 g/mol. The van der Waals surface area contributed by atoms with Gasteiger partial charge in [-0.1, -0.05) is 25.1 Å². The van der Waals surface area contributed by atoms with Gasteiger partial charge in [0.05, 0.1) is 23.6 Å². The molecule has 7 heteroatoms. The van der Waals surface area contributed by atoms with Crippen LogP contribution in [-0.4, -0.2) is 27.7 Å². The van der Waals surface area contributed by atoms with Gasteiger partial charge in [0.15, 0.2) is 5.78 Å². The zero-order valence-corrected chi connectivity index (χ0v) is 18.9. The van der Waals surface area contributed by atoms with Crippen LogP contribution in [0.3, 0.4) is 0 Å². The number of ketones is 1. The number of pyridine rings is 2. The van der Waals surface area contributed by atoms with Crippen molar-refractivity contribution in [3.8, 4) is 11.3 Å². The minimum absolute atomic E-state index is 0.0357. The standard InChI is InChI=1S/C26H27FN4O2/c1-14-5-4-6-19(27)23(14)24-15(2)7-8-21(30-24)26(33)31-22-13-29-10-9-18(22)17-11-16(3)25(32)20(28)12-17/h4-10,13,16-17,20H,11-12,28H2,1-3H3,(H,31,33)/t16-,17+,20+/m0/s1. The normalized spacial score (nSPS) is 20.5. The molecule has 1 aliphatic rings. The Morgan fingerprint density at radius 3 is 2.64 bits per heavy atom. The van der Waals surface area contributed by atoms with Crippen LogP contribution in [0.15, 0.2) is 48.8 Å². The molecule has 33 heavy (non-hydrogen) atoms. The second-order valence-corrected chi connectivity index (χ2v) is 8.79. The number of carbonyl (C=O) groups excluding carboxylic acids is 2. The van der Waals surface area contributed by atoms with E-state index >= 15 is 0 Å². The number of carbonyl (C=O) groups is 2. The number of halogens is 1. The maximum absolute atomic E-state index is 14.6. The third-order valence-corrected chi connectivity index (χ3v) is 6.36. The van der Waals surface area contributed by atoms with Crippen LogP contribution < -0.4 is 11.1 Å². The Bertz CT molecular complexity index is 1190. The summed E-state index contributed by atoms with van der Waals surface area (Å²) in [4.78, 5) is 33.9. The Balaban J connectivity index is 1.64. The number of rotatable bonds is 4. The van der Waals surface area contributed by atoms with E-state index in [2.05, 4.69) is 15.3 Å². The summed E-state index contributed by atoms with van der Waals surface area (Å²) in [6.07, 6.45) is 4.45. The van der Waals surface area contributed by atoms with Gasteiger partial charge in [-0.25, -0.2) is 9.37 Å². The van der Waals surface area contributed by atoms with Gasteiger partial charge in [-0.15, -0.1) is 0 Å². The number of benzene rings is 1. The fourth-order valence-corrected chi connectivity index (χ4v) is 4.57. The minimum atomic E-state index is -0.513. The molecule has 3 aromatic rings. The van der Waals surface area contributed by atoms with E-state index in [-0.39, 0.29) is 29.1 Å². The van der Waals surface area contributed by atoms with Crippen LogP contribution in [0.2, 0.25) is 0 Å². The molecule has 6 nitrogen and oxygen atoms in total. The number of nitrogens with one attached hydrogen (secondary N) is 1. The first kappa shape index (κ1) is 22.7. The highest BCUT2D eigenvalue weighted by molar-refractivity contribution is 6.03. The topological polar surface area (TPSA) is 98.0 Å². The Morgan fingerprint density at radius 2 is 1.91 bits per heavy atom. The molecule has 0 radical (unpaired) electrons. The summed E-state index contributed by atoms with van der Waals surface area (Å²) in [6, 6.07) is 9.58. The molecular formula is C26H27FN4O2. The molecule has 1 aromatic carbocycles. The van der Waals surface area contributed by atoms with Crippen LogP contribution in [0.5, 0.6) is 0 Å². The number of aromatic nitrogens is 2. The third kappa shape index (κ3) is 4.54. The smallest absolute Gasteiger partial charge is 0.274 e. The van der Waals surface area contributed by atoms with E-state index in [1.807, 2.05) is 32.9 Å². The number of nitrogens with zero attached hydrogens (tertiary/aromatic N) is 2. The average Bonchev–Trinajstić information content (AvgIpc) is 2.78. The highest BCUT2D eigenvalue weighted by Crippen LogP contribution is 2.37. The van der Waals surface area contributed by atoms with Crippen molar-refractivity contribution in [1.82, 2.24) is 9.97 Å². The number of amides is 1. The summed E-state index contributed by atoms with van der Waals surface area (Å²) in [6.45, 7) is 5.54. The van der Waals surface area contributed by atoms with Crippen LogP contribution >= 0.6 is 0 Å². The molecule has 3 N–H and O–H groups in total. The van der Waals surface area contributed by atoms with E-state index in [0.717, 1.165) is 16.7 Å². The van der Waals surface area contributed by atoms with Crippen molar-refractivity contribution in [2.75, 3.05) is 5.32 Å². The van der Waals surface area contributed by atoms with Crippen LogP contribution in [0.25, 0.3) is 11.3 Å². The lowest BCUT2D eigenvalue weighted by Crippen LogP contribution is -2.41. The molecule has 1 saturated carbocycles. The summed E-state index contributed by atoms with van der Waals surface area (Å²) < 4.78 is 14.6. The Hall–Kier alpha value is -3.45. The minimum Gasteiger partial charge on any atom is -0.321 e. The first-order valence-electron chi connectivity index (χ1n) is 11.0. The Labute approximate surface area is 192 Å². The lowest BCUT2D eigenvalue weighted by molar-refractivity contribution is -0.125. The summed E-state index contributed by atoms with van der Waals surface area (Å²) in [5.74, 6) is -0.821. The largest absolute Gasteiger partial charge is 0.321 e. The van der Waals surface area contributed by atoms with E-state index in [0.29, 0.717) is 29.8 Å². The predicted octanol–water partition coefficient (Wildman–Crippen LogP) is 4.56. The molecule has 0 unspecified atom stereocenters. The zero-order chi connectivity index (χ0) is 23.7. The van der Waals surface area contributed by atoms with Crippen molar-refractivity contribution in [2.24, 2.45) is 11.7 Å². The van der Waals surface area contributed by atoms with E-state index in [1.165, 1.54) is 6.07 Å². The first-order valence-corrected chi connectivity index (χ1v) is 11.0. The second-order valence-electron chi connectivity index (χ2n) is 8.79. The van der Waals surface area contributed by atoms with Gasteiger partial charge in [0, 0.05) is 17.7 Å². The summed E-state index contributed by atoms with van der Waals surface area (Å²) >= 11 is 0. The van der Waals surface area contributed by atoms with Gasteiger partial charge in [-0.3, -0.25) is 14.6 Å². The molecule has 2 heterocycles. The Kier molecular flexibility index (Phi) is 6.33. The molecule has 0 bridgehead atoms. The summed E-state index contributed by atoms with van der Waals surface area (Å²) in [5.41, 5.74) is 10.0. The van der Waals surface area contributed by atoms with Crippen LogP contribution in [0.4, 0.5) is 10.1 Å². The maximum atomic E-state index is 14.6. The van der Waals surface area contributed by atoms with Crippen molar-refractivity contribution in [3.05, 3.63) is 77.0 Å². The fourth-order valence-electron chi connectivity index (χ4n) is 4.57. The Morgan fingerprint density at radius 1 is 1.12 bits per heavy atom. The van der Waals surface area contributed by atoms with E-state index < -0.39 is 11.9 Å². The predicted molar refractivity (Wildman–Crippen MR) is 125 cm³/mol. The number of hydrogen-bond donors (Lipinski definition) is 2. The molecule has 0 spiro atoms. The van der Waals surface area contributed by atoms with Crippen molar-refractivity contribution in [1.29, 1.82) is 0 Å². The summed E-state index contributed by atoms with van der Waals surface area (Å²) in [7, 11) is 0. The molecule has 0 aliphatic heterocycles. The highest BCUT2D eigenvalue weighted by atomic mass is 19.1. The molecule has 4 rings (SSSR count). The third-order valence-electron chi connectivity index (χ3n) is 6.36. The molecule has 1 amide bonds. The van der Waals surface area contributed by atoms with Crippen molar-refractivity contribution in [3.63, 3.8) is 0 Å². The fraction of sp³-hybridized carbons (Fsp3) is 0.308. The van der Waals surface area contributed by atoms with E-state index in [4.69, 9.17) is 5.73 Å². The number of hydrogen-bond acceptors (Lipinski definition) is 5.